The van der Waals surface area contributed by atoms with Gasteiger partial charge in [-0.2, -0.15) is 5.10 Å². The van der Waals surface area contributed by atoms with Crippen molar-refractivity contribution in [2.75, 3.05) is 6.61 Å². The maximum Gasteiger partial charge on any atom is 0.411 e. The van der Waals surface area contributed by atoms with Crippen molar-refractivity contribution in [2.45, 2.75) is 96.6 Å². The van der Waals surface area contributed by atoms with Crippen LogP contribution in [0.3, 0.4) is 0 Å². The van der Waals surface area contributed by atoms with Gasteiger partial charge in [-0.15, -0.1) is 0 Å². The van der Waals surface area contributed by atoms with Crippen LogP contribution in [0.15, 0.2) is 12.3 Å². The molecule has 3 aliphatic heterocycles. The lowest BCUT2D eigenvalue weighted by Crippen LogP contribution is -2.52. The van der Waals surface area contributed by atoms with Crippen LogP contribution in [0.2, 0.25) is 0 Å². The van der Waals surface area contributed by atoms with Gasteiger partial charge in [0.15, 0.2) is 6.23 Å². The Morgan fingerprint density at radius 1 is 1.16 bits per heavy atom. The van der Waals surface area contributed by atoms with Crippen LogP contribution in [-0.4, -0.2) is 49.0 Å². The lowest BCUT2D eigenvalue weighted by Gasteiger charge is -2.46. The number of carbonyl (C=O) groups is 1. The van der Waals surface area contributed by atoms with Gasteiger partial charge in [-0.1, -0.05) is 0 Å². The molecule has 2 saturated heterocycles. The van der Waals surface area contributed by atoms with Gasteiger partial charge < -0.3 is 9.47 Å². The first kappa shape index (κ1) is 21.4. The summed E-state index contributed by atoms with van der Waals surface area (Å²) in [7, 11) is 0. The fourth-order valence-corrected chi connectivity index (χ4v) is 5.33. The zero-order valence-electron chi connectivity index (χ0n) is 19.5. The molecule has 32 heavy (non-hydrogen) atoms. The van der Waals surface area contributed by atoms with E-state index in [4.69, 9.17) is 19.4 Å². The highest BCUT2D eigenvalue weighted by Crippen LogP contribution is 2.44. The Morgan fingerprint density at radius 2 is 2.00 bits per heavy atom. The van der Waals surface area contributed by atoms with E-state index in [1.165, 1.54) is 0 Å². The van der Waals surface area contributed by atoms with Gasteiger partial charge in [0.2, 0.25) is 0 Å². The van der Waals surface area contributed by atoms with Crippen molar-refractivity contribution in [2.24, 2.45) is 0 Å². The maximum atomic E-state index is 13.1. The maximum absolute atomic E-state index is 13.1. The minimum absolute atomic E-state index is 0.0546. The third-order valence-corrected chi connectivity index (χ3v) is 6.60. The van der Waals surface area contributed by atoms with Crippen molar-refractivity contribution in [3.05, 3.63) is 29.3 Å². The highest BCUT2D eigenvalue weighted by atomic mass is 16.6. The van der Waals surface area contributed by atoms with E-state index >= 15 is 0 Å². The summed E-state index contributed by atoms with van der Waals surface area (Å²) < 4.78 is 13.8. The number of fused-ring (bicyclic) bond motifs is 4. The molecular formula is C24H33N5O3. The third kappa shape index (κ3) is 3.89. The third-order valence-electron chi connectivity index (χ3n) is 6.60. The molecule has 0 radical (unpaired) electrons. The van der Waals surface area contributed by atoms with E-state index in [9.17, 15) is 4.79 Å². The molecule has 3 atom stereocenters. The van der Waals surface area contributed by atoms with Crippen molar-refractivity contribution in [1.29, 1.82) is 0 Å². The molecule has 2 aromatic heterocycles. The first-order valence-corrected chi connectivity index (χ1v) is 11.9. The van der Waals surface area contributed by atoms with Crippen LogP contribution in [0.25, 0.3) is 11.4 Å². The number of hydrogen-bond donors (Lipinski definition) is 0. The largest absolute Gasteiger partial charge is 0.444 e. The van der Waals surface area contributed by atoms with Crippen molar-refractivity contribution in [3.8, 4) is 11.4 Å². The minimum atomic E-state index is -0.523. The van der Waals surface area contributed by atoms with Crippen molar-refractivity contribution >= 4 is 6.09 Å². The highest BCUT2D eigenvalue weighted by Gasteiger charge is 2.44. The van der Waals surface area contributed by atoms with E-state index in [2.05, 4.69) is 5.10 Å². The number of piperidine rings is 1. The molecule has 0 saturated carbocycles. The van der Waals surface area contributed by atoms with Crippen LogP contribution < -0.4 is 0 Å². The minimum Gasteiger partial charge on any atom is -0.444 e. The van der Waals surface area contributed by atoms with Gasteiger partial charge in [-0.25, -0.2) is 19.4 Å². The first-order chi connectivity index (χ1) is 15.3. The normalized spacial score (nSPS) is 25.4. The monoisotopic (exact) mass is 439 g/mol. The summed E-state index contributed by atoms with van der Waals surface area (Å²) >= 11 is 0. The summed E-state index contributed by atoms with van der Waals surface area (Å²) in [6, 6.07) is 2.05. The van der Waals surface area contributed by atoms with Crippen LogP contribution in [0.4, 0.5) is 4.79 Å². The highest BCUT2D eigenvalue weighted by molar-refractivity contribution is 5.71. The molecule has 5 rings (SSSR count). The zero-order valence-corrected chi connectivity index (χ0v) is 19.5. The van der Waals surface area contributed by atoms with Crippen LogP contribution in [0, 0.1) is 6.92 Å². The van der Waals surface area contributed by atoms with E-state index in [0.717, 1.165) is 74.2 Å². The van der Waals surface area contributed by atoms with E-state index < -0.39 is 5.60 Å². The van der Waals surface area contributed by atoms with Crippen molar-refractivity contribution in [3.63, 3.8) is 0 Å². The number of aryl methyl sites for hydroxylation is 1. The summed E-state index contributed by atoms with van der Waals surface area (Å²) in [4.78, 5) is 24.8. The summed E-state index contributed by atoms with van der Waals surface area (Å²) in [5.74, 6) is 0.712. The lowest BCUT2D eigenvalue weighted by molar-refractivity contribution is -0.0384. The number of rotatable bonds is 2. The molecule has 0 spiro atoms. The Bertz CT molecular complexity index is 1010. The Hall–Kier alpha value is -2.48. The van der Waals surface area contributed by atoms with E-state index in [-0.39, 0.29) is 24.4 Å². The fourth-order valence-electron chi connectivity index (χ4n) is 5.33. The predicted octanol–water partition coefficient (Wildman–Crippen LogP) is 4.73. The van der Waals surface area contributed by atoms with E-state index in [0.29, 0.717) is 5.82 Å². The molecular weight excluding hydrogens is 406 g/mol. The van der Waals surface area contributed by atoms with E-state index in [1.54, 1.807) is 0 Å². The molecule has 5 heterocycles. The molecule has 1 amide bonds. The van der Waals surface area contributed by atoms with Crippen LogP contribution in [-0.2, 0) is 15.9 Å². The Morgan fingerprint density at radius 3 is 2.75 bits per heavy atom. The molecule has 0 aliphatic carbocycles. The van der Waals surface area contributed by atoms with Gasteiger partial charge in [-0.3, -0.25) is 4.90 Å². The number of nitrogens with zero attached hydrogens (tertiary/aromatic N) is 5. The number of ether oxygens (including phenoxy) is 2. The second kappa shape index (κ2) is 8.14. The molecule has 3 aliphatic rings. The number of hydrogen-bond acceptors (Lipinski definition) is 6. The smallest absolute Gasteiger partial charge is 0.411 e. The van der Waals surface area contributed by atoms with Gasteiger partial charge in [0, 0.05) is 24.4 Å². The molecule has 8 heteroatoms. The lowest BCUT2D eigenvalue weighted by atomic mass is 9.82. The van der Waals surface area contributed by atoms with Gasteiger partial charge in [0.05, 0.1) is 23.1 Å². The molecule has 0 N–H and O–H groups in total. The second-order valence-electron chi connectivity index (χ2n) is 10.2. The van der Waals surface area contributed by atoms with Gasteiger partial charge >= 0.3 is 6.09 Å². The number of carbonyl (C=O) groups excluding carboxylic acids is 1. The summed E-state index contributed by atoms with van der Waals surface area (Å²) in [5, 5.41) is 4.60. The van der Waals surface area contributed by atoms with Crippen LogP contribution >= 0.6 is 0 Å². The second-order valence-corrected chi connectivity index (χ2v) is 10.2. The molecule has 2 aromatic rings. The topological polar surface area (TPSA) is 82.4 Å². The molecule has 2 fully saturated rings. The quantitative estimate of drug-likeness (QED) is 0.672. The summed E-state index contributed by atoms with van der Waals surface area (Å²) in [5.41, 5.74) is 3.49. The van der Waals surface area contributed by atoms with Crippen LogP contribution in [0.5, 0.6) is 0 Å². The Labute approximate surface area is 189 Å². The molecule has 2 bridgehead atoms. The standard InChI is InChI=1S/C24H33N5O3/c1-15-26-21-17(14-16-8-7-9-18(21)28(16)23(30)32-24(2,3)4)22(27-15)19-11-12-25-29(19)20-10-5-6-13-31-20/h11-12,16,18,20H,5-10,13-14H2,1-4H3/t16-,18+,20?/m0/s1. The Kier molecular flexibility index (Phi) is 5.43. The van der Waals surface area contributed by atoms with Crippen molar-refractivity contribution < 1.29 is 14.3 Å². The molecule has 172 valence electrons. The first-order valence-electron chi connectivity index (χ1n) is 11.9. The van der Waals surface area contributed by atoms with Crippen LogP contribution in [0.1, 0.15) is 88.6 Å². The number of aromatic nitrogens is 4. The Balaban J connectivity index is 1.56. The summed E-state index contributed by atoms with van der Waals surface area (Å²) in [6.45, 7) is 8.43. The summed E-state index contributed by atoms with van der Waals surface area (Å²) in [6.07, 6.45) is 8.40. The zero-order chi connectivity index (χ0) is 22.5. The molecule has 0 aromatic carbocycles. The van der Waals surface area contributed by atoms with Crippen molar-refractivity contribution in [1.82, 2.24) is 24.6 Å². The average molecular weight is 440 g/mol. The average Bonchev–Trinajstić information content (AvgIpc) is 3.23. The number of amides is 1. The molecule has 8 nitrogen and oxygen atoms in total. The fraction of sp³-hybridized carbons (Fsp3) is 0.667. The SMILES string of the molecule is Cc1nc(-c2ccnn2C2CCCCO2)c2c(n1)[C@H]1CCC[C@@H](C2)N1C(=O)OC(C)(C)C. The van der Waals surface area contributed by atoms with E-state index in [1.807, 2.05) is 49.5 Å². The molecule has 1 unspecified atom stereocenters. The van der Waals surface area contributed by atoms with Gasteiger partial charge in [0.25, 0.3) is 0 Å². The van der Waals surface area contributed by atoms with Gasteiger partial charge in [0.1, 0.15) is 11.4 Å². The predicted molar refractivity (Wildman–Crippen MR) is 119 cm³/mol. The van der Waals surface area contributed by atoms with Gasteiger partial charge in [-0.05, 0) is 78.7 Å².